The fraction of sp³-hybridized carbons (Fsp3) is 0.113. The smallest absolute Gasteiger partial charge is 0.347 e. The van der Waals surface area contributed by atoms with E-state index >= 15 is 0 Å². The Balaban J connectivity index is 0.00000449. The molecule has 0 amide bonds. The minimum Gasteiger partial charge on any atom is -0.347 e. The monoisotopic (exact) mass is 959 g/mol. The van der Waals surface area contributed by atoms with Crippen LogP contribution in [-0.2, 0) is 21.1 Å². The number of benzene rings is 7. The Labute approximate surface area is 362 Å². The number of rotatable bonds is 7. The summed E-state index contributed by atoms with van der Waals surface area (Å²) in [6.45, 7) is 9.78. The molecule has 3 heterocycles. The summed E-state index contributed by atoms with van der Waals surface area (Å²) in [5.74, 6) is 0.872. The summed E-state index contributed by atoms with van der Waals surface area (Å²) in [7, 11) is -3.07. The molecule has 4 nitrogen and oxygen atoms in total. The molecule has 1 aliphatic heterocycles. The van der Waals surface area contributed by atoms with Crippen molar-refractivity contribution in [2.24, 2.45) is 0 Å². The SMILES string of the molecule is Cc1ccccc1-c1ccnc(-n2c3[c-]c([Si](c4[c-]c(N5CN(C(C)(C)C)c6ccccc65)ccc4)(c4ccccc4)c4ccccc4)ccc3c3ccccc32)c1.[Pt+2]. The van der Waals surface area contributed by atoms with Crippen molar-refractivity contribution < 1.29 is 21.1 Å². The summed E-state index contributed by atoms with van der Waals surface area (Å²) in [5.41, 5.74) is 9.17. The van der Waals surface area contributed by atoms with E-state index in [1.54, 1.807) is 0 Å². The van der Waals surface area contributed by atoms with Gasteiger partial charge >= 0.3 is 21.1 Å². The van der Waals surface area contributed by atoms with Gasteiger partial charge in [0.2, 0.25) is 0 Å². The van der Waals surface area contributed by atoms with Crippen LogP contribution in [0.2, 0.25) is 0 Å². The van der Waals surface area contributed by atoms with Crippen molar-refractivity contribution in [3.8, 4) is 16.9 Å². The number of hydrogen-bond donors (Lipinski definition) is 0. The number of para-hydroxylation sites is 3. The molecule has 7 aromatic carbocycles. The Morgan fingerprint density at radius 3 is 1.97 bits per heavy atom. The predicted octanol–water partition coefficient (Wildman–Crippen LogP) is 9.84. The van der Waals surface area contributed by atoms with Gasteiger partial charge in [-0.25, -0.2) is 4.98 Å². The van der Waals surface area contributed by atoms with E-state index < -0.39 is 8.07 Å². The van der Waals surface area contributed by atoms with Crippen molar-refractivity contribution in [1.82, 2.24) is 9.55 Å². The van der Waals surface area contributed by atoms with E-state index in [2.05, 4.69) is 230 Å². The van der Waals surface area contributed by atoms with Crippen LogP contribution in [0.3, 0.4) is 0 Å². The van der Waals surface area contributed by atoms with Gasteiger partial charge in [0.1, 0.15) is 13.9 Å². The van der Waals surface area contributed by atoms with E-state index in [4.69, 9.17) is 4.98 Å². The van der Waals surface area contributed by atoms with Gasteiger partial charge in [-0.1, -0.05) is 126 Å². The Bertz CT molecular complexity index is 2910. The van der Waals surface area contributed by atoms with Gasteiger partial charge in [0.05, 0.1) is 18.0 Å². The third-order valence-corrected chi connectivity index (χ3v) is 16.5. The van der Waals surface area contributed by atoms with E-state index in [0.29, 0.717) is 0 Å². The maximum atomic E-state index is 5.04. The Hall–Kier alpha value is -6.00. The average Bonchev–Trinajstić information content (AvgIpc) is 3.82. The molecular weight excluding hydrogens is 916 g/mol. The second-order valence-electron chi connectivity index (χ2n) is 16.3. The van der Waals surface area contributed by atoms with Crippen molar-refractivity contribution >= 4 is 67.7 Å². The summed E-state index contributed by atoms with van der Waals surface area (Å²) >= 11 is 0. The second-order valence-corrected chi connectivity index (χ2v) is 20.0. The van der Waals surface area contributed by atoms with Crippen molar-refractivity contribution in [2.75, 3.05) is 16.5 Å². The summed E-state index contributed by atoms with van der Waals surface area (Å²) < 4.78 is 2.31. The minimum absolute atomic E-state index is 0. The zero-order chi connectivity index (χ0) is 39.4. The maximum absolute atomic E-state index is 5.04. The molecule has 0 aliphatic carbocycles. The number of aromatic nitrogens is 2. The Morgan fingerprint density at radius 1 is 0.593 bits per heavy atom. The van der Waals surface area contributed by atoms with E-state index in [-0.39, 0.29) is 26.6 Å². The largest absolute Gasteiger partial charge is 2.00 e. The molecule has 0 atom stereocenters. The molecule has 59 heavy (non-hydrogen) atoms. The summed E-state index contributed by atoms with van der Waals surface area (Å²) in [4.78, 5) is 9.96. The van der Waals surface area contributed by atoms with Crippen LogP contribution in [0.5, 0.6) is 0 Å². The van der Waals surface area contributed by atoms with Gasteiger partial charge in [-0.3, -0.25) is 0 Å². The third kappa shape index (κ3) is 6.45. The third-order valence-electron chi connectivity index (χ3n) is 11.9. The molecule has 0 fully saturated rings. The van der Waals surface area contributed by atoms with Crippen LogP contribution in [0.1, 0.15) is 26.3 Å². The molecule has 0 radical (unpaired) electrons. The summed E-state index contributed by atoms with van der Waals surface area (Å²) in [5, 5.41) is 7.26. The number of hydrogen-bond acceptors (Lipinski definition) is 3. The van der Waals surface area contributed by atoms with Crippen molar-refractivity contribution in [3.05, 3.63) is 200 Å². The van der Waals surface area contributed by atoms with Gasteiger partial charge in [-0.05, 0) is 90.5 Å². The number of nitrogens with zero attached hydrogens (tertiary/aromatic N) is 4. The van der Waals surface area contributed by atoms with E-state index in [1.807, 2.05) is 6.20 Å². The van der Waals surface area contributed by atoms with Crippen LogP contribution in [-0.4, -0.2) is 29.8 Å². The van der Waals surface area contributed by atoms with Crippen LogP contribution in [0.15, 0.2) is 182 Å². The molecule has 0 saturated carbocycles. The van der Waals surface area contributed by atoms with Gasteiger partial charge in [-0.2, -0.15) is 46.8 Å². The Kier molecular flexibility index (Phi) is 9.99. The summed E-state index contributed by atoms with van der Waals surface area (Å²) in [6, 6.07) is 72.2. The average molecular weight is 960 g/mol. The fourth-order valence-electron chi connectivity index (χ4n) is 9.09. The molecule has 0 saturated heterocycles. The molecule has 0 bridgehead atoms. The van der Waals surface area contributed by atoms with Crippen LogP contribution in [0.25, 0.3) is 38.8 Å². The first-order valence-electron chi connectivity index (χ1n) is 20.1. The van der Waals surface area contributed by atoms with Gasteiger partial charge in [0.25, 0.3) is 0 Å². The van der Waals surface area contributed by atoms with E-state index in [1.165, 1.54) is 48.6 Å². The molecule has 0 spiro atoms. The number of fused-ring (bicyclic) bond motifs is 4. The number of aryl methyl sites for hydroxylation is 1. The Morgan fingerprint density at radius 2 is 1.24 bits per heavy atom. The number of anilines is 3. The van der Waals surface area contributed by atoms with Crippen LogP contribution >= 0.6 is 0 Å². The minimum atomic E-state index is -3.07. The van der Waals surface area contributed by atoms with Crippen LogP contribution < -0.4 is 30.5 Å². The molecule has 10 rings (SSSR count). The zero-order valence-electron chi connectivity index (χ0n) is 33.6. The first-order valence-corrected chi connectivity index (χ1v) is 22.1. The van der Waals surface area contributed by atoms with Crippen molar-refractivity contribution in [1.29, 1.82) is 0 Å². The topological polar surface area (TPSA) is 24.3 Å². The quantitative estimate of drug-likeness (QED) is 0.0904. The standard InChI is InChI=1S/C53H44N4Si.Pt/c1-38-18-11-12-25-45(38)39-32-33-54-52(34-39)57-48-27-14-13-26-46(48)47-31-30-44(36-51(47)57)58(41-20-7-5-8-21-41,42-22-9-6-10-23-42)43-24-17-19-40(35-43)55-37-56(53(2,3)4)50-29-16-15-28-49(50)55;/h5-34H,37H2,1-4H3;/q-2;+2. The van der Waals surface area contributed by atoms with Crippen molar-refractivity contribution in [2.45, 2.75) is 33.2 Å². The fourth-order valence-corrected chi connectivity index (χ4v) is 13.6. The molecule has 290 valence electrons. The van der Waals surface area contributed by atoms with Crippen LogP contribution in [0, 0.1) is 19.1 Å². The van der Waals surface area contributed by atoms with Crippen molar-refractivity contribution in [3.63, 3.8) is 0 Å². The first-order chi connectivity index (χ1) is 28.3. The molecule has 6 heteroatoms. The van der Waals surface area contributed by atoms with E-state index in [9.17, 15) is 0 Å². The second kappa shape index (κ2) is 15.3. The molecule has 1 aliphatic rings. The molecule has 0 unspecified atom stereocenters. The van der Waals surface area contributed by atoms with Gasteiger partial charge in [0.15, 0.2) is 0 Å². The first kappa shape index (κ1) is 38.5. The molecule has 0 N–H and O–H groups in total. The zero-order valence-corrected chi connectivity index (χ0v) is 36.9. The summed E-state index contributed by atoms with van der Waals surface area (Å²) in [6.07, 6.45) is 1.94. The maximum Gasteiger partial charge on any atom is 2.00 e. The van der Waals surface area contributed by atoms with Gasteiger partial charge < -0.3 is 14.4 Å². The van der Waals surface area contributed by atoms with Crippen LogP contribution in [0.4, 0.5) is 17.1 Å². The molecular formula is C53H44N4PtSi. The molecule has 9 aromatic rings. The van der Waals surface area contributed by atoms with Gasteiger partial charge in [-0.15, -0.1) is 11.5 Å². The van der Waals surface area contributed by atoms with Gasteiger partial charge in [0, 0.05) is 17.3 Å². The predicted molar refractivity (Wildman–Crippen MR) is 246 cm³/mol. The number of pyridine rings is 1. The van der Waals surface area contributed by atoms with E-state index in [0.717, 1.165) is 40.2 Å². The normalized spacial score (nSPS) is 12.8. The molecule has 2 aromatic heterocycles.